The Bertz CT molecular complexity index is 653. The van der Waals surface area contributed by atoms with E-state index in [2.05, 4.69) is 50.3 Å². The van der Waals surface area contributed by atoms with Crippen molar-refractivity contribution in [3.8, 4) is 0 Å². The molecule has 0 spiro atoms. The molecule has 25 heavy (non-hydrogen) atoms. The molecule has 2 N–H and O–H groups in total. The van der Waals surface area contributed by atoms with E-state index in [0.29, 0.717) is 5.92 Å². The molecule has 2 heterocycles. The number of pyridine rings is 1. The predicted octanol–water partition coefficient (Wildman–Crippen LogP) is 2.56. The highest BCUT2D eigenvalue weighted by atomic mass is 127. The summed E-state index contributed by atoms with van der Waals surface area (Å²) in [6.07, 6.45) is 2.70. The fourth-order valence-electron chi connectivity index (χ4n) is 2.57. The lowest BCUT2D eigenvalue weighted by Gasteiger charge is -2.16. The zero-order valence-corrected chi connectivity index (χ0v) is 17.8. The van der Waals surface area contributed by atoms with Crippen LogP contribution in [-0.4, -0.2) is 40.9 Å². The van der Waals surface area contributed by atoms with Gasteiger partial charge in [0.25, 0.3) is 0 Å². The first kappa shape index (κ1) is 21.4. The Morgan fingerprint density at radius 2 is 2.08 bits per heavy atom. The lowest BCUT2D eigenvalue weighted by atomic mass is 10.2. The van der Waals surface area contributed by atoms with Crippen LogP contribution in [0, 0.1) is 19.8 Å². The molecule has 138 valence electrons. The molecule has 0 fully saturated rings. The lowest BCUT2D eigenvalue weighted by Crippen LogP contribution is -2.40. The third-order valence-electron chi connectivity index (χ3n) is 3.83. The van der Waals surface area contributed by atoms with E-state index in [1.165, 1.54) is 5.69 Å². The lowest BCUT2D eigenvalue weighted by molar-refractivity contribution is 0.436. The van der Waals surface area contributed by atoms with Crippen molar-refractivity contribution in [2.75, 3.05) is 20.1 Å². The zero-order valence-electron chi connectivity index (χ0n) is 15.5. The minimum Gasteiger partial charge on any atom is -0.356 e. The van der Waals surface area contributed by atoms with Gasteiger partial charge in [-0.2, -0.15) is 5.10 Å². The molecule has 2 aromatic rings. The monoisotopic (exact) mass is 456 g/mol. The molecule has 0 saturated heterocycles. The van der Waals surface area contributed by atoms with Crippen molar-refractivity contribution in [2.24, 2.45) is 10.9 Å². The maximum atomic E-state index is 4.52. The molecule has 0 amide bonds. The first-order valence-electron chi connectivity index (χ1n) is 8.44. The van der Waals surface area contributed by atoms with Crippen molar-refractivity contribution >= 4 is 29.9 Å². The maximum absolute atomic E-state index is 4.52. The Balaban J connectivity index is 0.00000312. The minimum absolute atomic E-state index is 0. The van der Waals surface area contributed by atoms with Crippen LogP contribution >= 0.6 is 24.0 Å². The average Bonchev–Trinajstić information content (AvgIpc) is 2.89. The molecule has 2 aromatic heterocycles. The molecule has 7 heteroatoms. The number of guanidine groups is 1. The summed E-state index contributed by atoms with van der Waals surface area (Å²) in [4.78, 5) is 8.59. The Kier molecular flexibility index (Phi) is 9.48. The van der Waals surface area contributed by atoms with E-state index in [1.807, 2.05) is 31.3 Å². The Labute approximate surface area is 167 Å². The van der Waals surface area contributed by atoms with Gasteiger partial charge in [0.05, 0.1) is 5.69 Å². The molecule has 2 rings (SSSR count). The summed E-state index contributed by atoms with van der Waals surface area (Å²) >= 11 is 0. The molecule has 1 unspecified atom stereocenters. The average molecular weight is 456 g/mol. The molecule has 0 radical (unpaired) electrons. The minimum atomic E-state index is 0. The van der Waals surface area contributed by atoms with Crippen molar-refractivity contribution in [2.45, 2.75) is 33.7 Å². The molecular formula is C18H29IN6. The number of rotatable bonds is 7. The predicted molar refractivity (Wildman–Crippen MR) is 114 cm³/mol. The van der Waals surface area contributed by atoms with Crippen LogP contribution in [0.15, 0.2) is 35.5 Å². The largest absolute Gasteiger partial charge is 0.356 e. The Morgan fingerprint density at radius 3 is 2.68 bits per heavy atom. The van der Waals surface area contributed by atoms with Gasteiger partial charge in [-0.15, -0.1) is 24.0 Å². The van der Waals surface area contributed by atoms with Crippen LogP contribution in [-0.2, 0) is 13.0 Å². The van der Waals surface area contributed by atoms with Crippen molar-refractivity contribution in [1.29, 1.82) is 0 Å². The number of hydrogen-bond donors (Lipinski definition) is 2. The summed E-state index contributed by atoms with van der Waals surface area (Å²) in [7, 11) is 1.79. The maximum Gasteiger partial charge on any atom is 0.190 e. The third kappa shape index (κ3) is 7.41. The van der Waals surface area contributed by atoms with Gasteiger partial charge in [-0.3, -0.25) is 14.7 Å². The van der Waals surface area contributed by atoms with E-state index in [1.54, 1.807) is 7.05 Å². The van der Waals surface area contributed by atoms with Crippen LogP contribution in [0.25, 0.3) is 0 Å². The quantitative estimate of drug-likeness (QED) is 0.382. The second-order valence-electron chi connectivity index (χ2n) is 6.17. The summed E-state index contributed by atoms with van der Waals surface area (Å²) in [6.45, 7) is 8.89. The number of hydrogen-bond acceptors (Lipinski definition) is 3. The topological polar surface area (TPSA) is 67.1 Å². The fourth-order valence-corrected chi connectivity index (χ4v) is 2.57. The zero-order chi connectivity index (χ0) is 17.4. The second-order valence-corrected chi connectivity index (χ2v) is 6.17. The van der Waals surface area contributed by atoms with Gasteiger partial charge in [-0.05, 0) is 38.0 Å². The van der Waals surface area contributed by atoms with Crippen LogP contribution in [0.4, 0.5) is 0 Å². The number of aromatic nitrogens is 3. The van der Waals surface area contributed by atoms with E-state index >= 15 is 0 Å². The van der Waals surface area contributed by atoms with Gasteiger partial charge in [0.15, 0.2) is 5.96 Å². The number of nitrogens with zero attached hydrogens (tertiary/aromatic N) is 4. The molecule has 0 saturated carbocycles. The van der Waals surface area contributed by atoms with Crippen LogP contribution < -0.4 is 10.6 Å². The third-order valence-corrected chi connectivity index (χ3v) is 3.83. The molecule has 0 aliphatic rings. The number of aryl methyl sites for hydroxylation is 2. The van der Waals surface area contributed by atoms with E-state index in [0.717, 1.165) is 43.4 Å². The van der Waals surface area contributed by atoms with Crippen LogP contribution in [0.2, 0.25) is 0 Å². The molecule has 6 nitrogen and oxygen atoms in total. The highest BCUT2D eigenvalue weighted by Crippen LogP contribution is 2.05. The van der Waals surface area contributed by atoms with Crippen molar-refractivity contribution in [1.82, 2.24) is 25.4 Å². The smallest absolute Gasteiger partial charge is 0.190 e. The molecule has 0 bridgehead atoms. The van der Waals surface area contributed by atoms with E-state index in [9.17, 15) is 0 Å². The van der Waals surface area contributed by atoms with Gasteiger partial charge < -0.3 is 10.6 Å². The van der Waals surface area contributed by atoms with Crippen LogP contribution in [0.3, 0.4) is 0 Å². The summed E-state index contributed by atoms with van der Waals surface area (Å²) < 4.78 is 2.07. The van der Waals surface area contributed by atoms with Gasteiger partial charge in [-0.1, -0.05) is 13.0 Å². The van der Waals surface area contributed by atoms with Gasteiger partial charge in [0.1, 0.15) is 0 Å². The summed E-state index contributed by atoms with van der Waals surface area (Å²) in [5, 5.41) is 11.2. The van der Waals surface area contributed by atoms with Gasteiger partial charge in [0, 0.05) is 50.7 Å². The Morgan fingerprint density at radius 1 is 1.28 bits per heavy atom. The van der Waals surface area contributed by atoms with Crippen molar-refractivity contribution in [3.05, 3.63) is 47.5 Å². The highest BCUT2D eigenvalue weighted by Gasteiger charge is 2.08. The highest BCUT2D eigenvalue weighted by molar-refractivity contribution is 14.0. The number of aliphatic imine (C=N–C) groups is 1. The van der Waals surface area contributed by atoms with Crippen LogP contribution in [0.1, 0.15) is 24.0 Å². The van der Waals surface area contributed by atoms with E-state index in [-0.39, 0.29) is 24.0 Å². The fraction of sp³-hybridized carbons (Fsp3) is 0.500. The standard InChI is InChI=1S/C18H28N6.HI/c1-14(13-24-16(3)11-15(2)23-24)12-22-18(19-4)21-10-8-17-7-5-6-9-20-17;/h5-7,9,11,14H,8,10,12-13H2,1-4H3,(H2,19,21,22);1H. The Hall–Kier alpha value is -1.64. The summed E-state index contributed by atoms with van der Waals surface area (Å²) in [6, 6.07) is 8.09. The molecule has 0 aliphatic heterocycles. The summed E-state index contributed by atoms with van der Waals surface area (Å²) in [5.74, 6) is 1.28. The SMILES string of the molecule is CN=C(NCCc1ccccn1)NCC(C)Cn1nc(C)cc1C.I. The van der Waals surface area contributed by atoms with Crippen molar-refractivity contribution < 1.29 is 0 Å². The molecule has 0 aromatic carbocycles. The van der Waals surface area contributed by atoms with Crippen molar-refractivity contribution in [3.63, 3.8) is 0 Å². The van der Waals surface area contributed by atoms with Gasteiger partial charge in [-0.25, -0.2) is 0 Å². The number of halogens is 1. The van der Waals surface area contributed by atoms with Crippen LogP contribution in [0.5, 0.6) is 0 Å². The van der Waals surface area contributed by atoms with Gasteiger partial charge in [0.2, 0.25) is 0 Å². The van der Waals surface area contributed by atoms with E-state index < -0.39 is 0 Å². The molecular weight excluding hydrogens is 427 g/mol. The first-order chi connectivity index (χ1) is 11.6. The molecule has 0 aliphatic carbocycles. The number of nitrogens with one attached hydrogen (secondary N) is 2. The normalized spacial score (nSPS) is 12.4. The van der Waals surface area contributed by atoms with Gasteiger partial charge >= 0.3 is 0 Å². The second kappa shape index (κ2) is 11.1. The first-order valence-corrected chi connectivity index (χ1v) is 8.44. The summed E-state index contributed by atoms with van der Waals surface area (Å²) in [5.41, 5.74) is 3.36. The van der Waals surface area contributed by atoms with E-state index in [4.69, 9.17) is 0 Å². The molecule has 1 atom stereocenters.